The first-order chi connectivity index (χ1) is 8.88. The summed E-state index contributed by atoms with van der Waals surface area (Å²) in [5.74, 6) is -1.15. The highest BCUT2D eigenvalue weighted by Crippen LogP contribution is 2.30. The lowest BCUT2D eigenvalue weighted by molar-refractivity contribution is -0.141. The fourth-order valence-electron chi connectivity index (χ4n) is 1.66. The SMILES string of the molecule is NC(=O)c1cn(Cc2ccccc2)nc1C(F)(F)F. The lowest BCUT2D eigenvalue weighted by Gasteiger charge is -2.03. The maximum atomic E-state index is 12.7. The number of primary amides is 1. The monoisotopic (exact) mass is 269 g/mol. The van der Waals surface area contributed by atoms with Gasteiger partial charge in [-0.2, -0.15) is 18.3 Å². The average molecular weight is 269 g/mol. The molecule has 19 heavy (non-hydrogen) atoms. The molecule has 0 spiro atoms. The summed E-state index contributed by atoms with van der Waals surface area (Å²) in [4.78, 5) is 11.0. The van der Waals surface area contributed by atoms with E-state index in [-0.39, 0.29) is 6.54 Å². The Labute approximate surface area is 106 Å². The highest BCUT2D eigenvalue weighted by molar-refractivity contribution is 5.93. The van der Waals surface area contributed by atoms with Crippen LogP contribution >= 0.6 is 0 Å². The number of carbonyl (C=O) groups excluding carboxylic acids is 1. The van der Waals surface area contributed by atoms with Gasteiger partial charge in [0.1, 0.15) is 0 Å². The predicted molar refractivity (Wildman–Crippen MR) is 61.3 cm³/mol. The van der Waals surface area contributed by atoms with E-state index in [2.05, 4.69) is 5.10 Å². The average Bonchev–Trinajstić information content (AvgIpc) is 2.74. The minimum atomic E-state index is -4.70. The fourth-order valence-corrected chi connectivity index (χ4v) is 1.66. The van der Waals surface area contributed by atoms with E-state index in [1.165, 1.54) is 0 Å². The number of rotatable bonds is 3. The number of nitrogens with zero attached hydrogens (tertiary/aromatic N) is 2. The van der Waals surface area contributed by atoms with Crippen LogP contribution in [0, 0.1) is 0 Å². The van der Waals surface area contributed by atoms with Crippen molar-refractivity contribution in [2.45, 2.75) is 12.7 Å². The first-order valence-electron chi connectivity index (χ1n) is 5.36. The van der Waals surface area contributed by atoms with E-state index in [1.807, 2.05) is 0 Å². The number of nitrogens with two attached hydrogens (primary N) is 1. The first-order valence-corrected chi connectivity index (χ1v) is 5.36. The standard InChI is InChI=1S/C12H10F3N3O/c13-12(14,15)10-9(11(16)19)7-18(17-10)6-8-4-2-1-3-5-8/h1-5,7H,6H2,(H2,16,19). The van der Waals surface area contributed by atoms with E-state index in [4.69, 9.17) is 5.73 Å². The largest absolute Gasteiger partial charge is 0.435 e. The molecular weight excluding hydrogens is 259 g/mol. The van der Waals surface area contributed by atoms with Crippen LogP contribution in [-0.2, 0) is 12.7 Å². The molecule has 2 rings (SSSR count). The molecule has 7 heteroatoms. The molecule has 1 aromatic carbocycles. The number of hydrogen-bond donors (Lipinski definition) is 1. The van der Waals surface area contributed by atoms with E-state index in [9.17, 15) is 18.0 Å². The topological polar surface area (TPSA) is 60.9 Å². The summed E-state index contributed by atoms with van der Waals surface area (Å²) >= 11 is 0. The van der Waals surface area contributed by atoms with Crippen LogP contribution in [0.4, 0.5) is 13.2 Å². The van der Waals surface area contributed by atoms with Crippen LogP contribution < -0.4 is 5.73 Å². The molecule has 1 amide bonds. The molecule has 0 radical (unpaired) electrons. The third kappa shape index (κ3) is 2.93. The van der Waals surface area contributed by atoms with Crippen molar-refractivity contribution in [3.63, 3.8) is 0 Å². The quantitative estimate of drug-likeness (QED) is 0.927. The third-order valence-corrected chi connectivity index (χ3v) is 2.48. The molecule has 0 saturated carbocycles. The van der Waals surface area contributed by atoms with Gasteiger partial charge in [-0.1, -0.05) is 30.3 Å². The molecule has 100 valence electrons. The third-order valence-electron chi connectivity index (χ3n) is 2.48. The smallest absolute Gasteiger partial charge is 0.365 e. The molecule has 0 bridgehead atoms. The van der Waals surface area contributed by atoms with E-state index >= 15 is 0 Å². The summed E-state index contributed by atoms with van der Waals surface area (Å²) < 4.78 is 39.1. The van der Waals surface area contributed by atoms with Gasteiger partial charge in [0.15, 0.2) is 5.69 Å². The van der Waals surface area contributed by atoms with Crippen molar-refractivity contribution in [2.24, 2.45) is 5.73 Å². The minimum absolute atomic E-state index is 0.136. The van der Waals surface area contributed by atoms with Crippen molar-refractivity contribution < 1.29 is 18.0 Å². The number of amides is 1. The Bertz CT molecular complexity index is 590. The molecule has 4 nitrogen and oxygen atoms in total. The van der Waals surface area contributed by atoms with Gasteiger partial charge >= 0.3 is 6.18 Å². The molecule has 0 fully saturated rings. The summed E-state index contributed by atoms with van der Waals surface area (Å²) in [5, 5.41) is 3.39. The van der Waals surface area contributed by atoms with Crippen LogP contribution in [0.2, 0.25) is 0 Å². The van der Waals surface area contributed by atoms with Gasteiger partial charge in [0.05, 0.1) is 12.1 Å². The Morgan fingerprint density at radius 3 is 2.37 bits per heavy atom. The number of aromatic nitrogens is 2. The molecule has 0 unspecified atom stereocenters. The van der Waals surface area contributed by atoms with Gasteiger partial charge in [0, 0.05) is 6.20 Å². The van der Waals surface area contributed by atoms with E-state index < -0.39 is 23.3 Å². The van der Waals surface area contributed by atoms with Gasteiger partial charge in [0.25, 0.3) is 5.91 Å². The Morgan fingerprint density at radius 2 is 1.89 bits per heavy atom. The van der Waals surface area contributed by atoms with Gasteiger partial charge < -0.3 is 5.73 Å². The van der Waals surface area contributed by atoms with Crippen LogP contribution in [0.5, 0.6) is 0 Å². The molecule has 0 aliphatic rings. The van der Waals surface area contributed by atoms with Crippen LogP contribution in [0.3, 0.4) is 0 Å². The molecular formula is C12H10F3N3O. The molecule has 0 atom stereocenters. The molecule has 1 heterocycles. The highest BCUT2D eigenvalue weighted by Gasteiger charge is 2.38. The van der Waals surface area contributed by atoms with Gasteiger partial charge in [-0.15, -0.1) is 0 Å². The number of carbonyl (C=O) groups is 1. The molecule has 2 N–H and O–H groups in total. The Morgan fingerprint density at radius 1 is 1.26 bits per heavy atom. The van der Waals surface area contributed by atoms with Crippen molar-refractivity contribution in [1.82, 2.24) is 9.78 Å². The van der Waals surface area contributed by atoms with Crippen molar-refractivity contribution in [1.29, 1.82) is 0 Å². The Kier molecular flexibility index (Phi) is 3.28. The fraction of sp³-hybridized carbons (Fsp3) is 0.167. The molecule has 2 aromatic rings. The maximum absolute atomic E-state index is 12.7. The first kappa shape index (κ1) is 13.1. The minimum Gasteiger partial charge on any atom is -0.365 e. The normalized spacial score (nSPS) is 11.5. The van der Waals surface area contributed by atoms with Crippen LogP contribution in [-0.4, -0.2) is 15.7 Å². The lowest BCUT2D eigenvalue weighted by Crippen LogP contribution is -2.17. The number of halogens is 3. The predicted octanol–water partition coefficient (Wildman–Crippen LogP) is 2.05. The van der Waals surface area contributed by atoms with Crippen LogP contribution in [0.15, 0.2) is 36.5 Å². The van der Waals surface area contributed by atoms with Gasteiger partial charge in [0.2, 0.25) is 0 Å². The second kappa shape index (κ2) is 4.75. The zero-order chi connectivity index (χ0) is 14.0. The van der Waals surface area contributed by atoms with Crippen molar-refractivity contribution in [3.8, 4) is 0 Å². The second-order valence-corrected chi connectivity index (χ2v) is 3.94. The van der Waals surface area contributed by atoms with Crippen LogP contribution in [0.1, 0.15) is 21.6 Å². The number of hydrogen-bond acceptors (Lipinski definition) is 2. The number of alkyl halides is 3. The summed E-state index contributed by atoms with van der Waals surface area (Å²) in [6.45, 7) is 0.136. The van der Waals surface area contributed by atoms with E-state index in [0.717, 1.165) is 16.4 Å². The van der Waals surface area contributed by atoms with Crippen molar-refractivity contribution in [2.75, 3.05) is 0 Å². The summed E-state index contributed by atoms with van der Waals surface area (Å²) in [7, 11) is 0. The zero-order valence-corrected chi connectivity index (χ0v) is 9.69. The molecule has 0 aliphatic carbocycles. The van der Waals surface area contributed by atoms with Gasteiger partial charge in [-0.05, 0) is 5.56 Å². The van der Waals surface area contributed by atoms with Gasteiger partial charge in [-0.25, -0.2) is 0 Å². The van der Waals surface area contributed by atoms with E-state index in [0.29, 0.717) is 0 Å². The zero-order valence-electron chi connectivity index (χ0n) is 9.69. The molecule has 0 aliphatic heterocycles. The summed E-state index contributed by atoms with van der Waals surface area (Å²) in [6.07, 6.45) is -3.69. The Balaban J connectivity index is 2.36. The van der Waals surface area contributed by atoms with Gasteiger partial charge in [-0.3, -0.25) is 9.48 Å². The van der Waals surface area contributed by atoms with Crippen LogP contribution in [0.25, 0.3) is 0 Å². The lowest BCUT2D eigenvalue weighted by atomic mass is 10.2. The maximum Gasteiger partial charge on any atom is 0.435 e. The van der Waals surface area contributed by atoms with Crippen molar-refractivity contribution in [3.05, 3.63) is 53.3 Å². The van der Waals surface area contributed by atoms with Crippen molar-refractivity contribution >= 4 is 5.91 Å². The highest BCUT2D eigenvalue weighted by atomic mass is 19.4. The van der Waals surface area contributed by atoms with E-state index in [1.54, 1.807) is 30.3 Å². The number of benzene rings is 1. The summed E-state index contributed by atoms with van der Waals surface area (Å²) in [6, 6.07) is 8.82. The summed E-state index contributed by atoms with van der Waals surface area (Å²) in [5.41, 5.74) is 3.82. The Hall–Kier alpha value is -2.31. The molecule has 0 saturated heterocycles. The molecule has 1 aromatic heterocycles. The second-order valence-electron chi connectivity index (χ2n) is 3.94.